The van der Waals surface area contributed by atoms with Crippen LogP contribution in [0.2, 0.25) is 5.02 Å². The molecule has 1 saturated heterocycles. The van der Waals surface area contributed by atoms with Crippen molar-refractivity contribution in [3.8, 4) is 0 Å². The summed E-state index contributed by atoms with van der Waals surface area (Å²) in [7, 11) is -3.58. The Hall–Kier alpha value is -3.14. The summed E-state index contributed by atoms with van der Waals surface area (Å²) in [5, 5.41) is 6.10. The number of carbonyl (C=O) groups is 1. The summed E-state index contributed by atoms with van der Waals surface area (Å²) >= 11 is 5.89. The number of nitrogens with zero attached hydrogens (tertiary/aromatic N) is 3. The summed E-state index contributed by atoms with van der Waals surface area (Å²) in [6.45, 7) is 3.90. The SMILES string of the molecule is Cc1ccccc1NC(=O)Nc1ccc(N2CCCN(S(=O)(=O)c3ccc(Cl)cc3)CC2)nc1. The van der Waals surface area contributed by atoms with E-state index in [2.05, 4.69) is 20.5 Å². The van der Waals surface area contributed by atoms with E-state index >= 15 is 0 Å². The zero-order valence-electron chi connectivity index (χ0n) is 18.7. The van der Waals surface area contributed by atoms with Gasteiger partial charge in [0.25, 0.3) is 0 Å². The van der Waals surface area contributed by atoms with Crippen LogP contribution in [0.4, 0.5) is 22.0 Å². The average Bonchev–Trinajstić information content (AvgIpc) is 3.08. The first-order chi connectivity index (χ1) is 16.3. The number of pyridine rings is 1. The molecule has 1 fully saturated rings. The molecule has 178 valence electrons. The average molecular weight is 500 g/mol. The molecule has 2 amide bonds. The van der Waals surface area contributed by atoms with E-state index in [0.717, 1.165) is 17.1 Å². The van der Waals surface area contributed by atoms with E-state index in [1.807, 2.05) is 37.3 Å². The fourth-order valence-electron chi connectivity index (χ4n) is 3.76. The second kappa shape index (κ2) is 10.4. The summed E-state index contributed by atoms with van der Waals surface area (Å²) in [5.41, 5.74) is 2.28. The van der Waals surface area contributed by atoms with Gasteiger partial charge in [0.2, 0.25) is 10.0 Å². The number of nitrogens with one attached hydrogen (secondary N) is 2. The topological polar surface area (TPSA) is 94.6 Å². The van der Waals surface area contributed by atoms with Crippen molar-refractivity contribution in [2.24, 2.45) is 0 Å². The van der Waals surface area contributed by atoms with E-state index in [9.17, 15) is 13.2 Å². The molecule has 0 bridgehead atoms. The van der Waals surface area contributed by atoms with Gasteiger partial charge >= 0.3 is 6.03 Å². The molecule has 2 aromatic carbocycles. The van der Waals surface area contributed by atoms with Gasteiger partial charge in [-0.3, -0.25) is 0 Å². The maximum atomic E-state index is 13.0. The molecule has 1 aromatic heterocycles. The standard InChI is InChI=1S/C24H26ClN5O3S/c1-18-5-2-3-6-22(18)28-24(31)27-20-9-12-23(26-17-20)29-13-4-14-30(16-15-29)34(32,33)21-10-7-19(25)8-11-21/h2-3,5-12,17H,4,13-16H2,1H3,(H2,27,28,31). The van der Waals surface area contributed by atoms with E-state index < -0.39 is 10.0 Å². The molecule has 1 aliphatic heterocycles. The van der Waals surface area contributed by atoms with E-state index in [0.29, 0.717) is 43.3 Å². The summed E-state index contributed by atoms with van der Waals surface area (Å²) in [6.07, 6.45) is 2.27. The number of rotatable bonds is 5. The van der Waals surface area contributed by atoms with Crippen molar-refractivity contribution in [1.29, 1.82) is 0 Å². The fraction of sp³-hybridized carbons (Fsp3) is 0.250. The minimum absolute atomic E-state index is 0.239. The molecule has 0 saturated carbocycles. The van der Waals surface area contributed by atoms with E-state index in [1.165, 1.54) is 16.4 Å². The van der Waals surface area contributed by atoms with Crippen molar-refractivity contribution >= 4 is 44.8 Å². The third-order valence-corrected chi connectivity index (χ3v) is 7.79. The Balaban J connectivity index is 1.36. The Labute approximate surface area is 204 Å². The maximum absolute atomic E-state index is 13.0. The van der Waals surface area contributed by atoms with Gasteiger partial charge in [-0.15, -0.1) is 0 Å². The molecule has 2 N–H and O–H groups in total. The van der Waals surface area contributed by atoms with E-state index in [-0.39, 0.29) is 10.9 Å². The number of hydrogen-bond acceptors (Lipinski definition) is 5. The summed E-state index contributed by atoms with van der Waals surface area (Å²) in [6, 6.07) is 17.0. The zero-order valence-corrected chi connectivity index (χ0v) is 20.3. The Morgan fingerprint density at radius 3 is 2.41 bits per heavy atom. The van der Waals surface area contributed by atoms with E-state index in [4.69, 9.17) is 11.6 Å². The highest BCUT2D eigenvalue weighted by Crippen LogP contribution is 2.22. The molecule has 0 radical (unpaired) electrons. The van der Waals surface area contributed by atoms with Gasteiger partial charge in [0.1, 0.15) is 5.82 Å². The Morgan fingerprint density at radius 1 is 0.941 bits per heavy atom. The molecule has 0 spiro atoms. The maximum Gasteiger partial charge on any atom is 0.323 e. The summed E-state index contributed by atoms with van der Waals surface area (Å²) < 4.78 is 27.5. The quantitative estimate of drug-likeness (QED) is 0.535. The third-order valence-electron chi connectivity index (χ3n) is 5.63. The second-order valence-electron chi connectivity index (χ2n) is 8.00. The number of para-hydroxylation sites is 1. The monoisotopic (exact) mass is 499 g/mol. The molecular weight excluding hydrogens is 474 g/mol. The third kappa shape index (κ3) is 5.67. The first-order valence-corrected chi connectivity index (χ1v) is 12.7. The molecule has 3 aromatic rings. The van der Waals surface area contributed by atoms with Crippen LogP contribution < -0.4 is 15.5 Å². The molecule has 0 unspecified atom stereocenters. The van der Waals surface area contributed by atoms with Crippen LogP contribution >= 0.6 is 11.6 Å². The van der Waals surface area contributed by atoms with Crippen molar-refractivity contribution in [1.82, 2.24) is 9.29 Å². The molecule has 1 aliphatic rings. The lowest BCUT2D eigenvalue weighted by molar-refractivity contribution is 0.262. The summed E-state index contributed by atoms with van der Waals surface area (Å²) in [4.78, 5) is 19.1. The molecular formula is C24H26ClN5O3S. The van der Waals surface area contributed by atoms with Gasteiger partial charge in [0.05, 0.1) is 16.8 Å². The molecule has 2 heterocycles. The smallest absolute Gasteiger partial charge is 0.323 e. The van der Waals surface area contributed by atoms with Crippen LogP contribution in [0, 0.1) is 6.92 Å². The lowest BCUT2D eigenvalue weighted by Crippen LogP contribution is -2.35. The van der Waals surface area contributed by atoms with Crippen LogP contribution in [0.3, 0.4) is 0 Å². The molecule has 10 heteroatoms. The van der Waals surface area contributed by atoms with E-state index in [1.54, 1.807) is 24.4 Å². The van der Waals surface area contributed by atoms with Crippen LogP contribution in [-0.4, -0.2) is 49.9 Å². The van der Waals surface area contributed by atoms with Gasteiger partial charge in [-0.1, -0.05) is 29.8 Å². The number of urea groups is 1. The summed E-state index contributed by atoms with van der Waals surface area (Å²) in [5.74, 6) is 0.732. The number of aryl methyl sites for hydroxylation is 1. The number of hydrogen-bond donors (Lipinski definition) is 2. The number of amides is 2. The lowest BCUT2D eigenvalue weighted by atomic mass is 10.2. The van der Waals surface area contributed by atoms with Crippen LogP contribution in [0.25, 0.3) is 0 Å². The first-order valence-electron chi connectivity index (χ1n) is 10.9. The van der Waals surface area contributed by atoms with Gasteiger partial charge in [-0.25, -0.2) is 18.2 Å². The van der Waals surface area contributed by atoms with Crippen LogP contribution in [0.5, 0.6) is 0 Å². The molecule has 4 rings (SSSR count). The van der Waals surface area contributed by atoms with Crippen LogP contribution in [0.1, 0.15) is 12.0 Å². The highest BCUT2D eigenvalue weighted by Gasteiger charge is 2.27. The second-order valence-corrected chi connectivity index (χ2v) is 10.4. The van der Waals surface area contributed by atoms with Gasteiger partial charge < -0.3 is 15.5 Å². The minimum Gasteiger partial charge on any atom is -0.355 e. The van der Waals surface area contributed by atoms with Gasteiger partial charge in [-0.05, 0) is 61.4 Å². The number of carbonyl (C=O) groups excluding carboxylic acids is 1. The predicted molar refractivity (Wildman–Crippen MR) is 135 cm³/mol. The van der Waals surface area contributed by atoms with Crippen molar-refractivity contribution in [2.75, 3.05) is 41.7 Å². The molecule has 8 nitrogen and oxygen atoms in total. The Kier molecular flexibility index (Phi) is 7.35. The van der Waals surface area contributed by atoms with Crippen molar-refractivity contribution in [3.05, 3.63) is 77.4 Å². The number of benzene rings is 2. The number of aromatic nitrogens is 1. The van der Waals surface area contributed by atoms with Gasteiger partial charge in [0.15, 0.2) is 0 Å². The number of sulfonamides is 1. The molecule has 0 aliphatic carbocycles. The predicted octanol–water partition coefficient (Wildman–Crippen LogP) is 4.59. The highest BCUT2D eigenvalue weighted by atomic mass is 35.5. The van der Waals surface area contributed by atoms with Crippen molar-refractivity contribution in [3.63, 3.8) is 0 Å². The van der Waals surface area contributed by atoms with Crippen molar-refractivity contribution < 1.29 is 13.2 Å². The van der Waals surface area contributed by atoms with Gasteiger partial charge in [0, 0.05) is 36.9 Å². The largest absolute Gasteiger partial charge is 0.355 e. The number of anilines is 3. The molecule has 0 atom stereocenters. The lowest BCUT2D eigenvalue weighted by Gasteiger charge is -2.23. The van der Waals surface area contributed by atoms with Crippen LogP contribution in [0.15, 0.2) is 71.8 Å². The number of halogens is 1. The zero-order chi connectivity index (χ0) is 24.1. The fourth-order valence-corrected chi connectivity index (χ4v) is 5.36. The van der Waals surface area contributed by atoms with Crippen molar-refractivity contribution in [2.45, 2.75) is 18.2 Å². The highest BCUT2D eigenvalue weighted by molar-refractivity contribution is 7.89. The normalized spacial score (nSPS) is 14.9. The Morgan fingerprint density at radius 2 is 1.71 bits per heavy atom. The minimum atomic E-state index is -3.58. The first kappa shape index (κ1) is 24.0. The van der Waals surface area contributed by atoms with Crippen LogP contribution in [-0.2, 0) is 10.0 Å². The Bertz CT molecular complexity index is 1250. The molecule has 34 heavy (non-hydrogen) atoms. The van der Waals surface area contributed by atoms with Gasteiger partial charge in [-0.2, -0.15) is 4.31 Å².